The maximum Gasteiger partial charge on any atom is 0.123 e. The first kappa shape index (κ1) is 8.88. The molecule has 1 heterocycles. The molecule has 1 nitrogen and oxygen atoms in total. The van der Waals surface area contributed by atoms with Crippen molar-refractivity contribution in [3.05, 3.63) is 65.7 Å². The largest absolute Gasteiger partial charge is 0.261 e. The second-order valence-corrected chi connectivity index (χ2v) is 3.13. The number of hydrogen-bond acceptors (Lipinski definition) is 1. The molecule has 1 aromatic heterocycles. The number of aromatic nitrogens is 1. The molecule has 0 bridgehead atoms. The van der Waals surface area contributed by atoms with Gasteiger partial charge in [0.15, 0.2) is 0 Å². The summed E-state index contributed by atoms with van der Waals surface area (Å²) in [6.07, 6.45) is 2.42. The third-order valence-corrected chi connectivity index (χ3v) is 2.00. The molecule has 0 spiro atoms. The van der Waals surface area contributed by atoms with Crippen LogP contribution < -0.4 is 0 Å². The topological polar surface area (TPSA) is 12.9 Å². The van der Waals surface area contributed by atoms with Gasteiger partial charge in [-0.2, -0.15) is 0 Å². The van der Waals surface area contributed by atoms with Crippen LogP contribution in [-0.2, 0) is 6.42 Å². The van der Waals surface area contributed by atoms with Crippen molar-refractivity contribution >= 4 is 0 Å². The lowest BCUT2D eigenvalue weighted by atomic mass is 10.1. The second kappa shape index (κ2) is 4.01. The molecule has 0 fully saturated rings. The minimum Gasteiger partial charge on any atom is -0.261 e. The summed E-state index contributed by atoms with van der Waals surface area (Å²) in [5, 5.41) is 0. The first-order valence-corrected chi connectivity index (χ1v) is 4.49. The number of hydrogen-bond donors (Lipinski definition) is 0. The molecule has 0 radical (unpaired) electrons. The number of halogens is 1. The predicted octanol–water partition coefficient (Wildman–Crippen LogP) is 2.81. The maximum atomic E-state index is 12.8. The number of nitrogens with zero attached hydrogens (tertiary/aromatic N) is 1. The summed E-state index contributed by atoms with van der Waals surface area (Å²) in [6, 6.07) is 12.3. The molecule has 14 heavy (non-hydrogen) atoms. The average Bonchev–Trinajstić information content (AvgIpc) is 2.19. The number of benzene rings is 1. The van der Waals surface area contributed by atoms with Gasteiger partial charge in [0.1, 0.15) is 5.82 Å². The highest BCUT2D eigenvalue weighted by Gasteiger charge is 1.97. The Kier molecular flexibility index (Phi) is 2.54. The van der Waals surface area contributed by atoms with E-state index < -0.39 is 0 Å². The van der Waals surface area contributed by atoms with Gasteiger partial charge in [0.25, 0.3) is 0 Å². The van der Waals surface area contributed by atoms with Crippen LogP contribution in [0.1, 0.15) is 11.3 Å². The zero-order chi connectivity index (χ0) is 9.80. The molecule has 70 valence electrons. The van der Waals surface area contributed by atoms with Crippen molar-refractivity contribution in [1.29, 1.82) is 0 Å². The monoisotopic (exact) mass is 187 g/mol. The lowest BCUT2D eigenvalue weighted by Gasteiger charge is -2.00. The van der Waals surface area contributed by atoms with Crippen molar-refractivity contribution in [2.45, 2.75) is 6.42 Å². The summed E-state index contributed by atoms with van der Waals surface area (Å²) in [5.74, 6) is -0.196. The molecule has 0 aliphatic heterocycles. The van der Waals surface area contributed by atoms with Crippen LogP contribution in [0.25, 0.3) is 0 Å². The van der Waals surface area contributed by atoms with Gasteiger partial charge in [0.05, 0.1) is 0 Å². The molecule has 0 aliphatic rings. The van der Waals surface area contributed by atoms with E-state index in [-0.39, 0.29) is 5.82 Å². The van der Waals surface area contributed by atoms with Crippen molar-refractivity contribution in [2.24, 2.45) is 0 Å². The van der Waals surface area contributed by atoms with Gasteiger partial charge in [-0.1, -0.05) is 18.2 Å². The van der Waals surface area contributed by atoms with Crippen LogP contribution in [-0.4, -0.2) is 4.98 Å². The molecule has 1 aromatic carbocycles. The molecule has 0 saturated carbocycles. The van der Waals surface area contributed by atoms with E-state index in [0.29, 0.717) is 6.42 Å². The summed E-state index contributed by atoms with van der Waals surface area (Å²) < 4.78 is 12.8. The minimum atomic E-state index is -0.196. The van der Waals surface area contributed by atoms with Crippen LogP contribution >= 0.6 is 0 Å². The van der Waals surface area contributed by atoms with Crippen molar-refractivity contribution in [3.8, 4) is 0 Å². The highest BCUT2D eigenvalue weighted by atomic mass is 19.1. The fourth-order valence-electron chi connectivity index (χ4n) is 1.36. The molecule has 2 aromatic rings. The molecule has 0 saturated heterocycles. The van der Waals surface area contributed by atoms with Gasteiger partial charge < -0.3 is 0 Å². The first-order chi connectivity index (χ1) is 6.84. The highest BCUT2D eigenvalue weighted by Crippen LogP contribution is 2.08. The van der Waals surface area contributed by atoms with Gasteiger partial charge in [0, 0.05) is 18.3 Å². The average molecular weight is 187 g/mol. The number of pyridine rings is 1. The molecular formula is C12H10FN. The molecule has 0 amide bonds. The lowest BCUT2D eigenvalue weighted by Crippen LogP contribution is -1.91. The Hall–Kier alpha value is -1.70. The fourth-order valence-corrected chi connectivity index (χ4v) is 1.36. The Balaban J connectivity index is 2.19. The summed E-state index contributed by atoms with van der Waals surface area (Å²) >= 11 is 0. The number of rotatable bonds is 2. The van der Waals surface area contributed by atoms with E-state index in [2.05, 4.69) is 4.98 Å². The van der Waals surface area contributed by atoms with Crippen molar-refractivity contribution in [1.82, 2.24) is 4.98 Å². The molecule has 2 heteroatoms. The SMILES string of the molecule is Fc1cccc(Cc2ccccn2)c1. The van der Waals surface area contributed by atoms with Crippen LogP contribution in [0.15, 0.2) is 48.7 Å². The summed E-state index contributed by atoms with van der Waals surface area (Å²) in [4.78, 5) is 4.18. The van der Waals surface area contributed by atoms with Crippen molar-refractivity contribution in [3.63, 3.8) is 0 Å². The Labute approximate surface area is 82.2 Å². The smallest absolute Gasteiger partial charge is 0.123 e. The normalized spacial score (nSPS) is 10.1. The third-order valence-electron chi connectivity index (χ3n) is 2.00. The van der Waals surface area contributed by atoms with Crippen LogP contribution in [0.5, 0.6) is 0 Å². The lowest BCUT2D eigenvalue weighted by molar-refractivity contribution is 0.626. The maximum absolute atomic E-state index is 12.8. The van der Waals surface area contributed by atoms with E-state index in [1.807, 2.05) is 24.3 Å². The standard InChI is InChI=1S/C12H10FN/c13-11-5-3-4-10(8-11)9-12-6-1-2-7-14-12/h1-8H,9H2. The van der Waals surface area contributed by atoms with E-state index in [9.17, 15) is 4.39 Å². The Morgan fingerprint density at radius 1 is 1.07 bits per heavy atom. The molecular weight excluding hydrogens is 177 g/mol. The Bertz CT molecular complexity index is 412. The summed E-state index contributed by atoms with van der Waals surface area (Å²) in [6.45, 7) is 0. The van der Waals surface area contributed by atoms with E-state index in [0.717, 1.165) is 11.3 Å². The van der Waals surface area contributed by atoms with E-state index in [1.165, 1.54) is 12.1 Å². The van der Waals surface area contributed by atoms with E-state index in [1.54, 1.807) is 12.3 Å². The van der Waals surface area contributed by atoms with Crippen LogP contribution in [0.3, 0.4) is 0 Å². The highest BCUT2D eigenvalue weighted by molar-refractivity contribution is 5.22. The molecule has 0 N–H and O–H groups in total. The van der Waals surface area contributed by atoms with E-state index in [4.69, 9.17) is 0 Å². The van der Waals surface area contributed by atoms with E-state index >= 15 is 0 Å². The van der Waals surface area contributed by atoms with Gasteiger partial charge in [-0.3, -0.25) is 4.98 Å². The first-order valence-electron chi connectivity index (χ1n) is 4.49. The fraction of sp³-hybridized carbons (Fsp3) is 0.0833. The van der Waals surface area contributed by atoms with Crippen LogP contribution in [0.4, 0.5) is 4.39 Å². The zero-order valence-corrected chi connectivity index (χ0v) is 7.65. The third kappa shape index (κ3) is 2.16. The van der Waals surface area contributed by atoms with Gasteiger partial charge in [-0.15, -0.1) is 0 Å². The van der Waals surface area contributed by atoms with Crippen molar-refractivity contribution in [2.75, 3.05) is 0 Å². The van der Waals surface area contributed by atoms with Crippen molar-refractivity contribution < 1.29 is 4.39 Å². The van der Waals surface area contributed by atoms with Gasteiger partial charge in [0.2, 0.25) is 0 Å². The molecule has 0 unspecified atom stereocenters. The molecule has 0 atom stereocenters. The van der Waals surface area contributed by atoms with Gasteiger partial charge in [-0.25, -0.2) is 4.39 Å². The summed E-state index contributed by atoms with van der Waals surface area (Å²) in [5.41, 5.74) is 1.90. The van der Waals surface area contributed by atoms with Crippen LogP contribution in [0.2, 0.25) is 0 Å². The Morgan fingerprint density at radius 3 is 2.71 bits per heavy atom. The molecule has 2 rings (SSSR count). The summed E-state index contributed by atoms with van der Waals surface area (Å²) in [7, 11) is 0. The van der Waals surface area contributed by atoms with Gasteiger partial charge in [-0.05, 0) is 29.8 Å². The quantitative estimate of drug-likeness (QED) is 0.704. The van der Waals surface area contributed by atoms with Crippen LogP contribution in [0, 0.1) is 5.82 Å². The Morgan fingerprint density at radius 2 is 2.00 bits per heavy atom. The molecule has 0 aliphatic carbocycles. The van der Waals surface area contributed by atoms with Gasteiger partial charge >= 0.3 is 0 Å². The zero-order valence-electron chi connectivity index (χ0n) is 7.65. The predicted molar refractivity (Wildman–Crippen MR) is 53.4 cm³/mol. The minimum absolute atomic E-state index is 0.196. The second-order valence-electron chi connectivity index (χ2n) is 3.13.